The first-order valence-corrected chi connectivity index (χ1v) is 21.1. The van der Waals surface area contributed by atoms with Crippen molar-refractivity contribution >= 4 is 87.7 Å². The highest BCUT2D eigenvalue weighted by Crippen LogP contribution is 2.41. The van der Waals surface area contributed by atoms with Crippen LogP contribution in [0.3, 0.4) is 0 Å². The highest BCUT2D eigenvalue weighted by molar-refractivity contribution is 6.19. The Bertz CT molecular complexity index is 3840. The summed E-state index contributed by atoms with van der Waals surface area (Å²) in [5.74, 6) is 1.39. The van der Waals surface area contributed by atoms with Crippen LogP contribution in [-0.2, 0) is 0 Å². The lowest BCUT2D eigenvalue weighted by Gasteiger charge is -2.24. The number of fused-ring (bicyclic) bond motifs is 10. The Morgan fingerprint density at radius 2 is 1.08 bits per heavy atom. The molecule has 12 aromatic rings. The van der Waals surface area contributed by atoms with E-state index in [1.807, 2.05) is 12.1 Å². The minimum atomic E-state index is -0.406. The summed E-state index contributed by atoms with van der Waals surface area (Å²) >= 11 is 0. The van der Waals surface area contributed by atoms with Crippen molar-refractivity contribution in [2.45, 2.75) is 6.17 Å². The van der Waals surface area contributed by atoms with Gasteiger partial charge in [0.05, 0.1) is 22.1 Å². The van der Waals surface area contributed by atoms with E-state index in [-0.39, 0.29) is 0 Å². The maximum Gasteiger partial charge on any atom is 0.159 e. The number of nitrogens with zero attached hydrogens (tertiary/aromatic N) is 3. The predicted octanol–water partition coefficient (Wildman–Crippen LogP) is 14.3. The van der Waals surface area contributed by atoms with Gasteiger partial charge in [0.1, 0.15) is 23.2 Å². The molecule has 1 unspecified atom stereocenters. The van der Waals surface area contributed by atoms with Crippen LogP contribution >= 0.6 is 0 Å². The number of rotatable bonds is 5. The summed E-state index contributed by atoms with van der Waals surface area (Å²) < 4.78 is 9.17. The molecule has 0 amide bonds. The van der Waals surface area contributed by atoms with Crippen molar-refractivity contribution in [3.05, 3.63) is 223 Å². The van der Waals surface area contributed by atoms with Crippen molar-refractivity contribution in [1.82, 2.24) is 9.88 Å². The average Bonchev–Trinajstić information content (AvgIpc) is 3.88. The maximum atomic E-state index is 6.75. The number of aromatic nitrogens is 1. The van der Waals surface area contributed by atoms with Crippen LogP contribution in [0.2, 0.25) is 0 Å². The first-order chi connectivity index (χ1) is 30.7. The lowest BCUT2D eigenvalue weighted by atomic mass is 9.99. The van der Waals surface area contributed by atoms with Gasteiger partial charge < -0.3 is 14.3 Å². The third-order valence-electron chi connectivity index (χ3n) is 12.6. The van der Waals surface area contributed by atoms with Gasteiger partial charge in [-0.05, 0) is 91.5 Å². The van der Waals surface area contributed by atoms with Crippen molar-refractivity contribution in [2.24, 2.45) is 9.98 Å². The van der Waals surface area contributed by atoms with Gasteiger partial charge in [-0.1, -0.05) is 164 Å². The second-order valence-corrected chi connectivity index (χ2v) is 16.2. The number of hydrogen-bond donors (Lipinski definition) is 1. The zero-order chi connectivity index (χ0) is 40.7. The molecule has 0 spiro atoms. The lowest BCUT2D eigenvalue weighted by Crippen LogP contribution is -2.33. The summed E-state index contributed by atoms with van der Waals surface area (Å²) in [6.45, 7) is 0. The van der Waals surface area contributed by atoms with E-state index in [1.54, 1.807) is 0 Å². The molecule has 0 saturated heterocycles. The van der Waals surface area contributed by atoms with E-state index < -0.39 is 6.17 Å². The first-order valence-electron chi connectivity index (χ1n) is 21.1. The van der Waals surface area contributed by atoms with Gasteiger partial charge in [0.15, 0.2) is 5.84 Å². The standard InChI is InChI=1S/C57H36N4O/c1-2-12-35(13-3-1)36-22-25-38(26-23-36)55-58-56(42-28-29-45-41(30-42)27-24-37-14-6-7-17-44(37)45)60-57(59-55)43-33-51(54-47-19-9-11-21-52(47)62-53(54)34-43)61-49-20-10-8-18-46(49)48-31-39-15-4-5-16-40(39)32-50(48)61/h1-34,56H,(H,58,59,60). The number of benzene rings is 10. The van der Waals surface area contributed by atoms with Gasteiger partial charge in [-0.2, -0.15) is 0 Å². The lowest BCUT2D eigenvalue weighted by molar-refractivity contribution is 0.666. The molecule has 0 saturated carbocycles. The molecule has 0 bridgehead atoms. The molecule has 0 fully saturated rings. The third kappa shape index (κ3) is 5.49. The molecule has 1 aliphatic rings. The van der Waals surface area contributed by atoms with Gasteiger partial charge in [-0.3, -0.25) is 0 Å². The van der Waals surface area contributed by atoms with E-state index in [4.69, 9.17) is 14.4 Å². The molecule has 3 heterocycles. The first kappa shape index (κ1) is 34.6. The monoisotopic (exact) mass is 792 g/mol. The van der Waals surface area contributed by atoms with E-state index in [2.05, 4.69) is 204 Å². The smallest absolute Gasteiger partial charge is 0.159 e. The molecule has 1 N–H and O–H groups in total. The molecule has 10 aromatic carbocycles. The number of nitrogens with one attached hydrogen (secondary N) is 1. The fraction of sp³-hybridized carbons (Fsp3) is 0.0175. The van der Waals surface area contributed by atoms with Crippen LogP contribution < -0.4 is 5.32 Å². The average molecular weight is 793 g/mol. The van der Waals surface area contributed by atoms with Crippen LogP contribution in [0.15, 0.2) is 221 Å². The number of para-hydroxylation sites is 2. The number of amidine groups is 2. The van der Waals surface area contributed by atoms with Gasteiger partial charge >= 0.3 is 0 Å². The summed E-state index contributed by atoms with van der Waals surface area (Å²) in [5, 5.41) is 15.6. The fourth-order valence-electron chi connectivity index (χ4n) is 9.60. The quantitative estimate of drug-likeness (QED) is 0.177. The van der Waals surface area contributed by atoms with Crippen LogP contribution in [0.25, 0.3) is 92.9 Å². The third-order valence-corrected chi connectivity index (χ3v) is 12.6. The number of aliphatic imine (C=N–C) groups is 2. The zero-order valence-corrected chi connectivity index (χ0v) is 33.5. The predicted molar refractivity (Wildman–Crippen MR) is 258 cm³/mol. The number of hydrogen-bond acceptors (Lipinski definition) is 4. The van der Waals surface area contributed by atoms with Crippen LogP contribution in [0, 0.1) is 0 Å². The largest absolute Gasteiger partial charge is 0.456 e. The van der Waals surface area contributed by atoms with Crippen molar-refractivity contribution < 1.29 is 4.42 Å². The van der Waals surface area contributed by atoms with Crippen molar-refractivity contribution in [1.29, 1.82) is 0 Å². The van der Waals surface area contributed by atoms with E-state index in [0.29, 0.717) is 5.84 Å². The molecule has 0 radical (unpaired) electrons. The molecule has 290 valence electrons. The topological polar surface area (TPSA) is 54.8 Å². The highest BCUT2D eigenvalue weighted by atomic mass is 16.3. The molecule has 0 aliphatic carbocycles. The molecule has 1 atom stereocenters. The second kappa shape index (κ2) is 13.6. The van der Waals surface area contributed by atoms with Gasteiger partial charge in [-0.25, -0.2) is 9.98 Å². The van der Waals surface area contributed by atoms with E-state index >= 15 is 0 Å². The van der Waals surface area contributed by atoms with Crippen LogP contribution in [0.1, 0.15) is 22.9 Å². The Hall–Kier alpha value is -8.28. The van der Waals surface area contributed by atoms with E-state index in [0.717, 1.165) is 66.7 Å². The SMILES string of the molecule is c1ccc(-c2ccc(C3=NC(c4ccc5c(ccc6ccccc65)c4)NC(c4cc(-n5c6ccccc6c6cc7ccccc7cc65)c5c(c4)oc4ccccc45)=N3)cc2)cc1. The molecular weight excluding hydrogens is 757 g/mol. The Morgan fingerprint density at radius 1 is 0.419 bits per heavy atom. The van der Waals surface area contributed by atoms with Crippen LogP contribution in [-0.4, -0.2) is 16.2 Å². The summed E-state index contributed by atoms with van der Waals surface area (Å²) in [4.78, 5) is 10.7. The zero-order valence-electron chi connectivity index (χ0n) is 33.5. The number of furan rings is 1. The van der Waals surface area contributed by atoms with Crippen LogP contribution in [0.5, 0.6) is 0 Å². The minimum Gasteiger partial charge on any atom is -0.456 e. The molecule has 5 nitrogen and oxygen atoms in total. The summed E-state index contributed by atoms with van der Waals surface area (Å²) in [6, 6.07) is 73.4. The maximum absolute atomic E-state index is 6.75. The minimum absolute atomic E-state index is 0.406. The van der Waals surface area contributed by atoms with E-state index in [9.17, 15) is 0 Å². The Labute approximate surface area is 356 Å². The van der Waals surface area contributed by atoms with Crippen molar-refractivity contribution in [3.63, 3.8) is 0 Å². The van der Waals surface area contributed by atoms with Crippen molar-refractivity contribution in [3.8, 4) is 16.8 Å². The summed E-state index contributed by atoms with van der Waals surface area (Å²) in [7, 11) is 0. The van der Waals surface area contributed by atoms with Crippen molar-refractivity contribution in [2.75, 3.05) is 0 Å². The Kier molecular flexibility index (Phi) is 7.60. The molecule has 13 rings (SSSR count). The van der Waals surface area contributed by atoms with Gasteiger partial charge in [-0.15, -0.1) is 0 Å². The van der Waals surface area contributed by atoms with Gasteiger partial charge in [0.25, 0.3) is 0 Å². The summed E-state index contributed by atoms with van der Waals surface area (Å²) in [5.41, 5.74) is 10.1. The molecule has 62 heavy (non-hydrogen) atoms. The van der Waals surface area contributed by atoms with Gasteiger partial charge in [0.2, 0.25) is 0 Å². The highest BCUT2D eigenvalue weighted by Gasteiger charge is 2.25. The molecule has 1 aliphatic heterocycles. The van der Waals surface area contributed by atoms with E-state index in [1.165, 1.54) is 48.7 Å². The Balaban J connectivity index is 1.03. The molecule has 2 aromatic heterocycles. The molecular formula is C57H36N4O. The molecule has 5 heteroatoms. The fourth-order valence-corrected chi connectivity index (χ4v) is 9.60. The van der Waals surface area contributed by atoms with Gasteiger partial charge in [0, 0.05) is 27.3 Å². The second-order valence-electron chi connectivity index (χ2n) is 16.2. The summed E-state index contributed by atoms with van der Waals surface area (Å²) in [6.07, 6.45) is -0.406. The van der Waals surface area contributed by atoms with Crippen LogP contribution in [0.4, 0.5) is 0 Å². The Morgan fingerprint density at radius 3 is 1.94 bits per heavy atom. The normalized spacial score (nSPS) is 14.3.